The predicted molar refractivity (Wildman–Crippen MR) is 159 cm³/mol. The Hall–Kier alpha value is -3.87. The van der Waals surface area contributed by atoms with Crippen LogP contribution in [-0.4, -0.2) is 65.3 Å². The van der Waals surface area contributed by atoms with Crippen LogP contribution in [0.5, 0.6) is 5.75 Å². The first-order valence-electron chi connectivity index (χ1n) is 13.4. The third kappa shape index (κ3) is 7.12. The molecule has 5 rings (SSSR count). The lowest BCUT2D eigenvalue weighted by molar-refractivity contribution is -0.154. The summed E-state index contributed by atoms with van der Waals surface area (Å²) in [6.07, 6.45) is 3.75. The zero-order chi connectivity index (χ0) is 30.1. The number of sulfone groups is 1. The van der Waals surface area contributed by atoms with Gasteiger partial charge in [-0.2, -0.15) is 0 Å². The molecule has 1 aliphatic heterocycles. The van der Waals surface area contributed by atoms with E-state index in [1.807, 2.05) is 18.2 Å². The van der Waals surface area contributed by atoms with E-state index in [1.165, 1.54) is 6.26 Å². The molecule has 222 valence electrons. The fraction of sp³-hybridized carbons (Fsp3) is 0.345. The topological polar surface area (TPSA) is 124 Å². The summed E-state index contributed by atoms with van der Waals surface area (Å²) in [6.45, 7) is 6.18. The van der Waals surface area contributed by atoms with E-state index < -0.39 is 21.6 Å². The van der Waals surface area contributed by atoms with E-state index in [0.717, 1.165) is 24.1 Å². The summed E-state index contributed by atoms with van der Waals surface area (Å²) < 4.78 is 37.1. The lowest BCUT2D eigenvalue weighted by Gasteiger charge is -2.25. The summed E-state index contributed by atoms with van der Waals surface area (Å²) in [5.74, 6) is 0.770. The summed E-state index contributed by atoms with van der Waals surface area (Å²) in [5, 5.41) is 9.82. The largest absolute Gasteiger partial charge is 0.528 e. The quantitative estimate of drug-likeness (QED) is 0.240. The first-order chi connectivity index (χ1) is 19.9. The Kier molecular flexibility index (Phi) is 8.31. The van der Waals surface area contributed by atoms with Gasteiger partial charge in [0, 0.05) is 30.1 Å². The van der Waals surface area contributed by atoms with Gasteiger partial charge in [0.1, 0.15) is 18.0 Å². The van der Waals surface area contributed by atoms with Crippen molar-refractivity contribution in [2.45, 2.75) is 50.2 Å². The van der Waals surface area contributed by atoms with E-state index in [9.17, 15) is 13.2 Å². The molecule has 0 aliphatic carbocycles. The van der Waals surface area contributed by atoms with Crippen LogP contribution < -0.4 is 10.1 Å². The summed E-state index contributed by atoms with van der Waals surface area (Å²) in [6, 6.07) is 15.5. The molecule has 0 amide bonds. The highest BCUT2D eigenvalue weighted by molar-refractivity contribution is 7.90. The number of ether oxygens (including phenoxy) is 2. The van der Waals surface area contributed by atoms with Gasteiger partial charge < -0.3 is 19.6 Å². The number of hydroxylamine groups is 2. The molecule has 2 aromatic carbocycles. The molecule has 3 heterocycles. The van der Waals surface area contributed by atoms with E-state index in [4.69, 9.17) is 25.9 Å². The number of hydrogen-bond donors (Lipinski definition) is 1. The fourth-order valence-electron chi connectivity index (χ4n) is 4.53. The lowest BCUT2D eigenvalue weighted by Crippen LogP contribution is -2.38. The maximum absolute atomic E-state index is 12.1. The van der Waals surface area contributed by atoms with Crippen molar-refractivity contribution in [1.29, 1.82) is 0 Å². The van der Waals surface area contributed by atoms with Crippen molar-refractivity contribution in [1.82, 2.24) is 19.7 Å². The van der Waals surface area contributed by atoms with Crippen molar-refractivity contribution in [2.24, 2.45) is 0 Å². The molecule has 0 radical (unpaired) electrons. The summed E-state index contributed by atoms with van der Waals surface area (Å²) in [5.41, 5.74) is 2.17. The molecule has 2 aromatic heterocycles. The van der Waals surface area contributed by atoms with E-state index >= 15 is 0 Å². The highest BCUT2D eigenvalue weighted by Crippen LogP contribution is 2.31. The van der Waals surface area contributed by atoms with Crippen molar-refractivity contribution in [3.63, 3.8) is 0 Å². The molecule has 1 fully saturated rings. The van der Waals surface area contributed by atoms with Crippen molar-refractivity contribution in [2.75, 3.05) is 24.7 Å². The molecule has 0 bridgehead atoms. The van der Waals surface area contributed by atoms with Gasteiger partial charge in [-0.15, -0.1) is 10.2 Å². The lowest BCUT2D eigenvalue weighted by atomic mass is 10.2. The SMILES string of the molecule is CC(C)(C)OC(=O)ON1CCC[C@@H]1COc1cc(Nc2ncc3ccc(-c4cccc(S(C)(=O)=O)c4)n3n2)ccc1Cl. The van der Waals surface area contributed by atoms with Crippen molar-refractivity contribution >= 4 is 44.7 Å². The van der Waals surface area contributed by atoms with Crippen LogP contribution in [-0.2, 0) is 19.4 Å². The van der Waals surface area contributed by atoms with Gasteiger partial charge in [-0.25, -0.2) is 22.7 Å². The van der Waals surface area contributed by atoms with Gasteiger partial charge in [-0.3, -0.25) is 0 Å². The number of halogens is 1. The Morgan fingerprint density at radius 1 is 1.14 bits per heavy atom. The van der Waals surface area contributed by atoms with Crippen LogP contribution in [0.15, 0.2) is 65.7 Å². The van der Waals surface area contributed by atoms with Crippen molar-refractivity contribution in [3.05, 3.63) is 65.8 Å². The van der Waals surface area contributed by atoms with Gasteiger partial charge in [0.25, 0.3) is 0 Å². The Morgan fingerprint density at radius 2 is 1.95 bits per heavy atom. The van der Waals surface area contributed by atoms with E-state index in [2.05, 4.69) is 15.4 Å². The van der Waals surface area contributed by atoms with Crippen LogP contribution in [0.2, 0.25) is 5.02 Å². The Labute approximate surface area is 249 Å². The fourth-order valence-corrected chi connectivity index (χ4v) is 5.37. The number of aromatic nitrogens is 3. The second kappa shape index (κ2) is 11.8. The molecular formula is C29H32ClN5O6S. The number of anilines is 2. The number of nitrogens with one attached hydrogen (secondary N) is 1. The van der Waals surface area contributed by atoms with Crippen LogP contribution >= 0.6 is 11.6 Å². The molecule has 1 aliphatic rings. The van der Waals surface area contributed by atoms with Gasteiger partial charge in [-0.1, -0.05) is 23.7 Å². The van der Waals surface area contributed by atoms with Crippen LogP contribution in [0.1, 0.15) is 33.6 Å². The van der Waals surface area contributed by atoms with Crippen LogP contribution in [0, 0.1) is 0 Å². The number of hydrogen-bond acceptors (Lipinski definition) is 10. The monoisotopic (exact) mass is 613 g/mol. The minimum atomic E-state index is -3.36. The average molecular weight is 614 g/mol. The minimum absolute atomic E-state index is 0.149. The molecular weight excluding hydrogens is 582 g/mol. The number of carbonyl (C=O) groups excluding carboxylic acids is 1. The standard InChI is InChI=1S/C29H32ClN5O6S/c1-29(2,3)40-28(36)41-34-14-6-8-22(34)18-39-26-16-20(10-12-24(26)30)32-27-31-17-21-11-13-25(35(21)33-27)19-7-5-9-23(15-19)42(4,37)38/h5,7,9-13,15-17,22H,6,8,14,18H2,1-4H3,(H,32,33)/t22-/m1/s1. The average Bonchev–Trinajstić information content (AvgIpc) is 3.54. The second-order valence-corrected chi connectivity index (χ2v) is 13.4. The predicted octanol–water partition coefficient (Wildman–Crippen LogP) is 5.91. The second-order valence-electron chi connectivity index (χ2n) is 11.0. The Morgan fingerprint density at radius 3 is 2.71 bits per heavy atom. The van der Waals surface area contributed by atoms with Gasteiger partial charge >= 0.3 is 6.16 Å². The van der Waals surface area contributed by atoms with Gasteiger partial charge in [0.15, 0.2) is 9.84 Å². The van der Waals surface area contributed by atoms with E-state index in [0.29, 0.717) is 34.5 Å². The number of fused-ring (bicyclic) bond motifs is 1. The number of benzene rings is 2. The molecule has 1 atom stereocenters. The van der Waals surface area contributed by atoms with Crippen LogP contribution in [0.3, 0.4) is 0 Å². The molecule has 0 unspecified atom stereocenters. The van der Waals surface area contributed by atoms with Crippen molar-refractivity contribution < 1.29 is 27.5 Å². The Bertz CT molecular complexity index is 1720. The highest BCUT2D eigenvalue weighted by Gasteiger charge is 2.31. The molecule has 0 spiro atoms. The number of nitrogens with zero attached hydrogens (tertiary/aromatic N) is 4. The molecule has 1 N–H and O–H groups in total. The molecule has 1 saturated heterocycles. The normalized spacial score (nSPS) is 16.0. The number of carbonyl (C=O) groups is 1. The Balaban J connectivity index is 1.29. The summed E-state index contributed by atoms with van der Waals surface area (Å²) in [7, 11) is -3.36. The molecule has 4 aromatic rings. The maximum atomic E-state index is 12.1. The molecule has 11 nitrogen and oxygen atoms in total. The van der Waals surface area contributed by atoms with Gasteiger partial charge in [-0.05, 0) is 70.0 Å². The minimum Gasteiger partial charge on any atom is -0.490 e. The van der Waals surface area contributed by atoms with Crippen LogP contribution in [0.25, 0.3) is 16.8 Å². The maximum Gasteiger partial charge on any atom is 0.528 e. The highest BCUT2D eigenvalue weighted by atomic mass is 35.5. The van der Waals surface area contributed by atoms with Crippen LogP contribution in [0.4, 0.5) is 16.4 Å². The summed E-state index contributed by atoms with van der Waals surface area (Å²) in [4.78, 5) is 22.2. The van der Waals surface area contributed by atoms with Crippen molar-refractivity contribution in [3.8, 4) is 17.0 Å². The first kappa shape index (κ1) is 29.6. The smallest absolute Gasteiger partial charge is 0.490 e. The van der Waals surface area contributed by atoms with E-state index in [-0.39, 0.29) is 17.5 Å². The zero-order valence-corrected chi connectivity index (χ0v) is 25.3. The zero-order valence-electron chi connectivity index (χ0n) is 23.7. The third-order valence-corrected chi connectivity index (χ3v) is 7.90. The first-order valence-corrected chi connectivity index (χ1v) is 15.6. The molecule has 0 saturated carbocycles. The molecule has 42 heavy (non-hydrogen) atoms. The summed E-state index contributed by atoms with van der Waals surface area (Å²) >= 11 is 6.42. The van der Waals surface area contributed by atoms with Gasteiger partial charge in [0.2, 0.25) is 5.95 Å². The number of rotatable bonds is 8. The molecule has 13 heteroatoms. The van der Waals surface area contributed by atoms with E-state index in [1.54, 1.807) is 72.9 Å². The third-order valence-electron chi connectivity index (χ3n) is 6.48. The van der Waals surface area contributed by atoms with Gasteiger partial charge in [0.05, 0.1) is 33.4 Å².